The first kappa shape index (κ1) is 18.8. The van der Waals surface area contributed by atoms with Crippen LogP contribution in [0.3, 0.4) is 0 Å². The quantitative estimate of drug-likeness (QED) is 0.546. The van der Waals surface area contributed by atoms with E-state index in [1.165, 1.54) is 5.56 Å². The molecule has 0 atom stereocenters. The van der Waals surface area contributed by atoms with Crippen LogP contribution >= 0.6 is 23.4 Å². The van der Waals surface area contributed by atoms with E-state index in [0.717, 1.165) is 16.7 Å². The number of benzene rings is 2. The standard InChI is InChI=1S/C20H19ClN4O2S/c21-16-6-8-17(9-7-16)25-18(14-15-4-2-1-3-5-15)22-23-19(25)28-13-11-24-10-12-27-20(24)26/h1-9H,10-14H2. The van der Waals surface area contributed by atoms with Gasteiger partial charge in [-0.15, -0.1) is 10.2 Å². The number of hydrogen-bond donors (Lipinski definition) is 0. The molecule has 1 saturated heterocycles. The van der Waals surface area contributed by atoms with Gasteiger partial charge in [-0.25, -0.2) is 4.79 Å². The molecule has 0 unspecified atom stereocenters. The molecule has 28 heavy (non-hydrogen) atoms. The van der Waals surface area contributed by atoms with Crippen LogP contribution in [-0.4, -0.2) is 51.2 Å². The molecular formula is C20H19ClN4O2S. The van der Waals surface area contributed by atoms with Crippen LogP contribution in [0.2, 0.25) is 5.02 Å². The smallest absolute Gasteiger partial charge is 0.409 e. The zero-order chi connectivity index (χ0) is 19.3. The first-order valence-corrected chi connectivity index (χ1v) is 10.4. The summed E-state index contributed by atoms with van der Waals surface area (Å²) in [5.74, 6) is 1.57. The maximum atomic E-state index is 11.6. The molecule has 2 aromatic carbocycles. The largest absolute Gasteiger partial charge is 0.448 e. The summed E-state index contributed by atoms with van der Waals surface area (Å²) < 4.78 is 7.03. The molecular weight excluding hydrogens is 396 g/mol. The van der Waals surface area contributed by atoms with Gasteiger partial charge in [0, 0.05) is 29.4 Å². The number of hydrogen-bond acceptors (Lipinski definition) is 5. The topological polar surface area (TPSA) is 60.2 Å². The molecule has 1 aliphatic rings. The average Bonchev–Trinajstić information content (AvgIpc) is 3.30. The molecule has 0 saturated carbocycles. The normalized spacial score (nSPS) is 13.8. The van der Waals surface area contributed by atoms with Crippen LogP contribution in [0.4, 0.5) is 4.79 Å². The van der Waals surface area contributed by atoms with E-state index in [1.807, 2.05) is 42.5 Å². The number of carbonyl (C=O) groups is 1. The van der Waals surface area contributed by atoms with Gasteiger partial charge in [-0.05, 0) is 29.8 Å². The molecule has 0 aliphatic carbocycles. The van der Waals surface area contributed by atoms with Crippen LogP contribution in [0.15, 0.2) is 59.8 Å². The molecule has 6 nitrogen and oxygen atoms in total. The average molecular weight is 415 g/mol. The highest BCUT2D eigenvalue weighted by Gasteiger charge is 2.22. The fourth-order valence-corrected chi connectivity index (χ4v) is 4.07. The monoisotopic (exact) mass is 414 g/mol. The predicted octanol–water partition coefficient (Wildman–Crippen LogP) is 4.06. The Kier molecular flexibility index (Phi) is 5.83. The Balaban J connectivity index is 1.56. The van der Waals surface area contributed by atoms with Crippen LogP contribution in [0.1, 0.15) is 11.4 Å². The molecule has 0 bridgehead atoms. The lowest BCUT2D eigenvalue weighted by molar-refractivity contribution is 0.160. The number of halogens is 1. The highest BCUT2D eigenvalue weighted by Crippen LogP contribution is 2.25. The number of carbonyl (C=O) groups excluding carboxylic acids is 1. The van der Waals surface area contributed by atoms with Gasteiger partial charge in [0.25, 0.3) is 0 Å². The van der Waals surface area contributed by atoms with Crippen molar-refractivity contribution in [2.24, 2.45) is 0 Å². The van der Waals surface area contributed by atoms with Crippen molar-refractivity contribution in [1.82, 2.24) is 19.7 Å². The lowest BCUT2D eigenvalue weighted by atomic mass is 10.1. The number of amides is 1. The molecule has 8 heteroatoms. The summed E-state index contributed by atoms with van der Waals surface area (Å²) in [6, 6.07) is 17.8. The summed E-state index contributed by atoms with van der Waals surface area (Å²) in [5.41, 5.74) is 2.13. The van der Waals surface area contributed by atoms with Crippen molar-refractivity contribution in [1.29, 1.82) is 0 Å². The Labute approximate surface area is 172 Å². The van der Waals surface area contributed by atoms with E-state index in [4.69, 9.17) is 16.3 Å². The zero-order valence-corrected chi connectivity index (χ0v) is 16.7. The molecule has 1 aromatic heterocycles. The third kappa shape index (κ3) is 4.31. The molecule has 1 amide bonds. The number of rotatable bonds is 7. The van der Waals surface area contributed by atoms with Crippen LogP contribution in [0, 0.1) is 0 Å². The zero-order valence-electron chi connectivity index (χ0n) is 15.1. The molecule has 0 radical (unpaired) electrons. The third-order valence-electron chi connectivity index (χ3n) is 4.43. The fourth-order valence-electron chi connectivity index (χ4n) is 3.01. The fraction of sp³-hybridized carbons (Fsp3) is 0.250. The van der Waals surface area contributed by atoms with Gasteiger partial charge in [0.15, 0.2) is 5.16 Å². The van der Waals surface area contributed by atoms with E-state index in [2.05, 4.69) is 26.9 Å². The van der Waals surface area contributed by atoms with Gasteiger partial charge in [0.1, 0.15) is 12.4 Å². The summed E-state index contributed by atoms with van der Waals surface area (Å²) in [7, 11) is 0. The van der Waals surface area contributed by atoms with Crippen LogP contribution in [0.5, 0.6) is 0 Å². The van der Waals surface area contributed by atoms with Gasteiger partial charge in [-0.3, -0.25) is 4.57 Å². The van der Waals surface area contributed by atoms with Crippen molar-refractivity contribution >= 4 is 29.5 Å². The van der Waals surface area contributed by atoms with Crippen molar-refractivity contribution < 1.29 is 9.53 Å². The number of thioether (sulfide) groups is 1. The highest BCUT2D eigenvalue weighted by molar-refractivity contribution is 7.99. The third-order valence-corrected chi connectivity index (χ3v) is 5.59. The van der Waals surface area contributed by atoms with Gasteiger partial charge < -0.3 is 9.64 Å². The Morgan fingerprint density at radius 2 is 1.86 bits per heavy atom. The summed E-state index contributed by atoms with van der Waals surface area (Å²) in [4.78, 5) is 13.3. The van der Waals surface area contributed by atoms with Crippen molar-refractivity contribution in [2.45, 2.75) is 11.6 Å². The van der Waals surface area contributed by atoms with Crippen LogP contribution in [-0.2, 0) is 11.2 Å². The van der Waals surface area contributed by atoms with Crippen LogP contribution < -0.4 is 0 Å². The Hall–Kier alpha value is -2.51. The van der Waals surface area contributed by atoms with E-state index in [1.54, 1.807) is 16.7 Å². The van der Waals surface area contributed by atoms with Gasteiger partial charge in [0.2, 0.25) is 0 Å². The number of aromatic nitrogens is 3. The summed E-state index contributed by atoms with van der Waals surface area (Å²) in [5, 5.41) is 10.3. The number of cyclic esters (lactones) is 1. The maximum Gasteiger partial charge on any atom is 0.409 e. The second kappa shape index (κ2) is 8.67. The van der Waals surface area contributed by atoms with Crippen molar-refractivity contribution in [3.8, 4) is 5.69 Å². The lowest BCUT2D eigenvalue weighted by Crippen LogP contribution is -2.26. The Morgan fingerprint density at radius 1 is 1.07 bits per heavy atom. The first-order valence-electron chi connectivity index (χ1n) is 8.99. The molecule has 4 rings (SSSR count). The van der Waals surface area contributed by atoms with Gasteiger partial charge in [-0.1, -0.05) is 53.7 Å². The minimum atomic E-state index is -0.246. The SMILES string of the molecule is O=C1OCCN1CCSc1nnc(Cc2ccccc2)n1-c1ccc(Cl)cc1. The molecule has 0 spiro atoms. The van der Waals surface area contributed by atoms with E-state index in [9.17, 15) is 4.79 Å². The minimum Gasteiger partial charge on any atom is -0.448 e. The maximum absolute atomic E-state index is 11.6. The first-order chi connectivity index (χ1) is 13.7. The minimum absolute atomic E-state index is 0.246. The summed E-state index contributed by atoms with van der Waals surface area (Å²) in [6.45, 7) is 1.72. The summed E-state index contributed by atoms with van der Waals surface area (Å²) in [6.07, 6.45) is 0.430. The predicted molar refractivity (Wildman–Crippen MR) is 109 cm³/mol. The second-order valence-corrected chi connectivity index (χ2v) is 7.82. The number of ether oxygens (including phenoxy) is 1. The van der Waals surface area contributed by atoms with Gasteiger partial charge in [-0.2, -0.15) is 0 Å². The number of nitrogens with zero attached hydrogens (tertiary/aromatic N) is 4. The van der Waals surface area contributed by atoms with E-state index in [-0.39, 0.29) is 6.09 Å². The van der Waals surface area contributed by atoms with Gasteiger partial charge in [0.05, 0.1) is 6.54 Å². The van der Waals surface area contributed by atoms with Crippen molar-refractivity contribution in [2.75, 3.05) is 25.4 Å². The molecule has 1 fully saturated rings. The molecule has 1 aliphatic heterocycles. The van der Waals surface area contributed by atoms with Crippen molar-refractivity contribution in [3.05, 3.63) is 71.0 Å². The van der Waals surface area contributed by atoms with Crippen molar-refractivity contribution in [3.63, 3.8) is 0 Å². The van der Waals surface area contributed by atoms with Crippen LogP contribution in [0.25, 0.3) is 5.69 Å². The molecule has 0 N–H and O–H groups in total. The van der Waals surface area contributed by atoms with E-state index in [0.29, 0.717) is 36.9 Å². The highest BCUT2D eigenvalue weighted by atomic mass is 35.5. The van der Waals surface area contributed by atoms with E-state index < -0.39 is 0 Å². The Bertz CT molecular complexity index is 947. The Morgan fingerprint density at radius 3 is 2.57 bits per heavy atom. The van der Waals surface area contributed by atoms with Gasteiger partial charge >= 0.3 is 6.09 Å². The lowest BCUT2D eigenvalue weighted by Gasteiger charge is -2.13. The second-order valence-electron chi connectivity index (χ2n) is 6.32. The van der Waals surface area contributed by atoms with E-state index >= 15 is 0 Å². The molecule has 144 valence electrons. The summed E-state index contributed by atoms with van der Waals surface area (Å²) >= 11 is 7.63. The molecule has 3 aromatic rings. The molecule has 2 heterocycles.